The third-order valence-electron chi connectivity index (χ3n) is 3.18. The van der Waals surface area contributed by atoms with Crippen molar-refractivity contribution in [3.63, 3.8) is 0 Å². The van der Waals surface area contributed by atoms with Crippen molar-refractivity contribution in [2.24, 2.45) is 0 Å². The average Bonchev–Trinajstić information content (AvgIpc) is 2.37. The molecule has 0 aliphatic carbocycles. The molecule has 2 rings (SSSR count). The lowest BCUT2D eigenvalue weighted by Crippen LogP contribution is -2.10. The molecule has 0 aliphatic heterocycles. The molecule has 0 bridgehead atoms. The second-order valence-corrected chi connectivity index (χ2v) is 5.18. The predicted octanol–water partition coefficient (Wildman–Crippen LogP) is 3.21. The molecule has 5 heteroatoms. The van der Waals surface area contributed by atoms with Crippen LogP contribution in [0, 0.1) is 13.8 Å². The number of benzene rings is 1. The second-order valence-electron chi connectivity index (χ2n) is 5.18. The van der Waals surface area contributed by atoms with Crippen LogP contribution >= 0.6 is 0 Å². The molecular weight excluding hydrogens is 266 g/mol. The molecule has 110 valence electrons. The molecule has 1 aromatic carbocycles. The highest BCUT2D eigenvalue weighted by atomic mass is 16.4. The van der Waals surface area contributed by atoms with E-state index in [-0.39, 0.29) is 5.56 Å². The maximum atomic E-state index is 11.4. The van der Waals surface area contributed by atoms with Crippen molar-refractivity contribution in [2.75, 3.05) is 24.3 Å². The monoisotopic (exact) mass is 285 g/mol. The van der Waals surface area contributed by atoms with Gasteiger partial charge in [-0.1, -0.05) is 6.07 Å². The van der Waals surface area contributed by atoms with Gasteiger partial charge in [-0.3, -0.25) is 0 Å². The van der Waals surface area contributed by atoms with Crippen LogP contribution in [0.15, 0.2) is 30.3 Å². The van der Waals surface area contributed by atoms with Gasteiger partial charge in [0.15, 0.2) is 0 Å². The molecule has 0 atom stereocenters. The van der Waals surface area contributed by atoms with E-state index in [0.29, 0.717) is 11.4 Å². The number of aromatic nitrogens is 1. The van der Waals surface area contributed by atoms with Crippen molar-refractivity contribution < 1.29 is 9.90 Å². The first kappa shape index (κ1) is 14.8. The van der Waals surface area contributed by atoms with Gasteiger partial charge in [-0.25, -0.2) is 9.78 Å². The Kier molecular flexibility index (Phi) is 4.12. The number of aryl methyl sites for hydroxylation is 2. The number of anilines is 3. The van der Waals surface area contributed by atoms with E-state index in [1.54, 1.807) is 13.0 Å². The Balaban J connectivity index is 2.44. The number of carboxylic acid groups (broad SMARTS) is 1. The van der Waals surface area contributed by atoms with E-state index in [1.807, 2.05) is 50.2 Å². The number of aromatic carboxylic acids is 1. The minimum Gasteiger partial charge on any atom is -0.478 e. The number of rotatable bonds is 4. The van der Waals surface area contributed by atoms with Crippen molar-refractivity contribution in [3.8, 4) is 0 Å². The maximum Gasteiger partial charge on any atom is 0.339 e. The van der Waals surface area contributed by atoms with E-state index in [1.165, 1.54) is 0 Å². The summed E-state index contributed by atoms with van der Waals surface area (Å²) in [5.41, 5.74) is 3.52. The quantitative estimate of drug-likeness (QED) is 0.903. The second kappa shape index (κ2) is 5.83. The van der Waals surface area contributed by atoms with Gasteiger partial charge in [0.2, 0.25) is 0 Å². The molecule has 2 aromatic rings. The molecule has 0 fully saturated rings. The van der Waals surface area contributed by atoms with Gasteiger partial charge in [0.05, 0.1) is 0 Å². The molecule has 2 N–H and O–H groups in total. The molecule has 0 spiro atoms. The minimum atomic E-state index is -0.980. The van der Waals surface area contributed by atoms with Crippen LogP contribution in [0.3, 0.4) is 0 Å². The van der Waals surface area contributed by atoms with Crippen molar-refractivity contribution in [1.82, 2.24) is 4.98 Å². The molecule has 0 saturated heterocycles. The summed E-state index contributed by atoms with van der Waals surface area (Å²) in [5, 5.41) is 12.5. The highest BCUT2D eigenvalue weighted by Gasteiger charge is 2.16. The topological polar surface area (TPSA) is 65.5 Å². The molecule has 5 nitrogen and oxygen atoms in total. The standard InChI is InChI=1S/C16H19N3O2/c1-10-8-11(2)17-15(14(10)16(20)21)18-12-6-5-7-13(9-12)19(3)4/h5-9H,1-4H3,(H,17,18)(H,20,21). The summed E-state index contributed by atoms with van der Waals surface area (Å²) in [6.07, 6.45) is 0. The number of pyridine rings is 1. The van der Waals surface area contributed by atoms with Crippen LogP contribution in [-0.4, -0.2) is 30.2 Å². The van der Waals surface area contributed by atoms with E-state index >= 15 is 0 Å². The Morgan fingerprint density at radius 3 is 2.57 bits per heavy atom. The lowest BCUT2D eigenvalue weighted by atomic mass is 10.1. The van der Waals surface area contributed by atoms with Crippen LogP contribution in [0.4, 0.5) is 17.2 Å². The van der Waals surface area contributed by atoms with E-state index in [4.69, 9.17) is 0 Å². The molecular formula is C16H19N3O2. The summed E-state index contributed by atoms with van der Waals surface area (Å²) in [6.45, 7) is 3.62. The van der Waals surface area contributed by atoms with Gasteiger partial charge in [0.1, 0.15) is 11.4 Å². The zero-order valence-corrected chi connectivity index (χ0v) is 12.6. The molecule has 1 aromatic heterocycles. The van der Waals surface area contributed by atoms with Crippen LogP contribution in [0.25, 0.3) is 0 Å². The normalized spacial score (nSPS) is 10.3. The molecule has 0 saturated carbocycles. The van der Waals surface area contributed by atoms with Gasteiger partial charge in [-0.2, -0.15) is 0 Å². The van der Waals surface area contributed by atoms with Gasteiger partial charge >= 0.3 is 5.97 Å². The fraction of sp³-hybridized carbons (Fsp3) is 0.250. The Labute approximate surface area is 124 Å². The van der Waals surface area contributed by atoms with Crippen molar-refractivity contribution in [2.45, 2.75) is 13.8 Å². The third-order valence-corrected chi connectivity index (χ3v) is 3.18. The van der Waals surface area contributed by atoms with Crippen molar-refractivity contribution in [1.29, 1.82) is 0 Å². The summed E-state index contributed by atoms with van der Waals surface area (Å²) < 4.78 is 0. The number of carboxylic acids is 1. The van der Waals surface area contributed by atoms with Crippen LogP contribution < -0.4 is 10.2 Å². The fourth-order valence-electron chi connectivity index (χ4n) is 2.20. The van der Waals surface area contributed by atoms with E-state index in [9.17, 15) is 9.90 Å². The summed E-state index contributed by atoms with van der Waals surface area (Å²) in [6, 6.07) is 9.51. The first-order chi connectivity index (χ1) is 9.88. The van der Waals surface area contributed by atoms with E-state index in [0.717, 1.165) is 17.1 Å². The largest absolute Gasteiger partial charge is 0.478 e. The number of nitrogens with zero attached hydrogens (tertiary/aromatic N) is 2. The van der Waals surface area contributed by atoms with E-state index in [2.05, 4.69) is 10.3 Å². The predicted molar refractivity (Wildman–Crippen MR) is 84.7 cm³/mol. The average molecular weight is 285 g/mol. The van der Waals surface area contributed by atoms with Crippen molar-refractivity contribution >= 4 is 23.2 Å². The van der Waals surface area contributed by atoms with Crippen LogP contribution in [0.1, 0.15) is 21.6 Å². The number of carbonyl (C=O) groups is 1. The zero-order valence-electron chi connectivity index (χ0n) is 12.6. The van der Waals surface area contributed by atoms with E-state index < -0.39 is 5.97 Å². The highest BCUT2D eigenvalue weighted by molar-refractivity contribution is 5.95. The van der Waals surface area contributed by atoms with Gasteiger partial charge in [0, 0.05) is 31.2 Å². The number of nitrogens with one attached hydrogen (secondary N) is 1. The van der Waals surface area contributed by atoms with Crippen LogP contribution in [-0.2, 0) is 0 Å². The molecule has 0 aliphatic rings. The Bertz CT molecular complexity index is 681. The molecule has 21 heavy (non-hydrogen) atoms. The molecule has 0 amide bonds. The van der Waals surface area contributed by atoms with Crippen LogP contribution in [0.2, 0.25) is 0 Å². The summed E-state index contributed by atoms with van der Waals surface area (Å²) in [7, 11) is 3.91. The van der Waals surface area contributed by atoms with Gasteiger partial charge in [0.25, 0.3) is 0 Å². The SMILES string of the molecule is Cc1cc(C)c(C(=O)O)c(Nc2cccc(N(C)C)c2)n1. The Hall–Kier alpha value is -2.56. The maximum absolute atomic E-state index is 11.4. The highest BCUT2D eigenvalue weighted by Crippen LogP contribution is 2.25. The first-order valence-electron chi connectivity index (χ1n) is 6.64. The first-order valence-corrected chi connectivity index (χ1v) is 6.64. The Morgan fingerprint density at radius 1 is 1.24 bits per heavy atom. The molecule has 0 radical (unpaired) electrons. The van der Waals surface area contributed by atoms with Gasteiger partial charge < -0.3 is 15.3 Å². The van der Waals surface area contributed by atoms with Gasteiger partial charge in [-0.15, -0.1) is 0 Å². The van der Waals surface area contributed by atoms with Crippen LogP contribution in [0.5, 0.6) is 0 Å². The van der Waals surface area contributed by atoms with Gasteiger partial charge in [-0.05, 0) is 43.7 Å². The molecule has 0 unspecified atom stereocenters. The summed E-state index contributed by atoms with van der Waals surface area (Å²) in [5.74, 6) is -0.609. The Morgan fingerprint density at radius 2 is 1.95 bits per heavy atom. The number of hydrogen-bond acceptors (Lipinski definition) is 4. The zero-order chi connectivity index (χ0) is 15.6. The smallest absolute Gasteiger partial charge is 0.339 e. The number of hydrogen-bond donors (Lipinski definition) is 2. The van der Waals surface area contributed by atoms with Crippen molar-refractivity contribution in [3.05, 3.63) is 47.2 Å². The fourth-order valence-corrected chi connectivity index (χ4v) is 2.20. The third kappa shape index (κ3) is 3.31. The molecule has 1 heterocycles. The lowest BCUT2D eigenvalue weighted by Gasteiger charge is -2.16. The summed E-state index contributed by atoms with van der Waals surface area (Å²) >= 11 is 0. The summed E-state index contributed by atoms with van der Waals surface area (Å²) in [4.78, 5) is 17.7. The minimum absolute atomic E-state index is 0.204. The lowest BCUT2D eigenvalue weighted by molar-refractivity contribution is 0.0697.